The summed E-state index contributed by atoms with van der Waals surface area (Å²) in [6.45, 7) is -2.06. The maximum Gasteiger partial charge on any atom is 0.118 e. The largest absolute Gasteiger partial charge is 0.497 e. The van der Waals surface area contributed by atoms with Crippen LogP contribution in [0.1, 0.15) is 51.8 Å². The second-order valence-electron chi connectivity index (χ2n) is 5.57. The fraction of sp³-hybridized carbons (Fsp3) is 0.647. The van der Waals surface area contributed by atoms with Gasteiger partial charge in [-0.25, -0.2) is 0 Å². The van der Waals surface area contributed by atoms with Crippen LogP contribution in [0.25, 0.3) is 0 Å². The maximum absolute atomic E-state index is 11.3. The zero-order valence-electron chi connectivity index (χ0n) is 18.4. The van der Waals surface area contributed by atoms with Gasteiger partial charge in [-0.2, -0.15) is 0 Å². The quantitative estimate of drug-likeness (QED) is 0.901. The minimum absolute atomic E-state index is 0.0936. The van der Waals surface area contributed by atoms with Crippen molar-refractivity contribution < 1.29 is 18.1 Å². The lowest BCUT2D eigenvalue weighted by Gasteiger charge is -2.40. The van der Waals surface area contributed by atoms with E-state index in [-0.39, 0.29) is 35.5 Å². The van der Waals surface area contributed by atoms with Crippen LogP contribution in [-0.4, -0.2) is 43.3 Å². The lowest BCUT2D eigenvalue weighted by atomic mass is 9.72. The Kier molecular flexibility index (Phi) is 2.99. The smallest absolute Gasteiger partial charge is 0.118 e. The summed E-state index contributed by atoms with van der Waals surface area (Å²) < 4.78 is 55.1. The van der Waals surface area contributed by atoms with Crippen LogP contribution in [0.15, 0.2) is 24.2 Å². The molecule has 112 valence electrons. The van der Waals surface area contributed by atoms with Gasteiger partial charge in [0.25, 0.3) is 0 Å². The highest BCUT2D eigenvalue weighted by Crippen LogP contribution is 2.40. The van der Waals surface area contributed by atoms with Crippen molar-refractivity contribution in [3.8, 4) is 5.75 Å². The molecule has 0 unspecified atom stereocenters. The first-order valence-electron chi connectivity index (χ1n) is 10.0. The standard InChI is InChI=1S/C17H27NO2/c1-18(2)13-16(17(19)11-5-4-6-12-17)14-7-9-15(20-3)10-8-14/h7-10,16,19H,4-6,11-13H2,1-3H3/t16-/m1/s1/i7D,8D,9D,10D,13D2. The lowest BCUT2D eigenvalue weighted by molar-refractivity contribution is -0.0277. The fourth-order valence-electron chi connectivity index (χ4n) is 2.72. The first-order chi connectivity index (χ1) is 12.0. The Morgan fingerprint density at radius 2 is 1.90 bits per heavy atom. The number of methoxy groups -OCH3 is 1. The molecule has 2 rings (SSSR count). The molecule has 0 heterocycles. The van der Waals surface area contributed by atoms with Gasteiger partial charge in [0.1, 0.15) is 5.75 Å². The van der Waals surface area contributed by atoms with E-state index in [1.54, 1.807) is 14.1 Å². The van der Waals surface area contributed by atoms with Gasteiger partial charge in [-0.05, 0) is 44.6 Å². The van der Waals surface area contributed by atoms with E-state index in [4.69, 9.17) is 13.0 Å². The second-order valence-corrected chi connectivity index (χ2v) is 5.57. The molecule has 1 saturated carbocycles. The van der Waals surface area contributed by atoms with Gasteiger partial charge in [0.15, 0.2) is 0 Å². The van der Waals surface area contributed by atoms with Crippen molar-refractivity contribution in [2.24, 2.45) is 0 Å². The number of rotatable bonds is 5. The van der Waals surface area contributed by atoms with E-state index in [2.05, 4.69) is 0 Å². The van der Waals surface area contributed by atoms with Crippen molar-refractivity contribution in [3.05, 3.63) is 29.7 Å². The summed E-state index contributed by atoms with van der Waals surface area (Å²) >= 11 is 0. The SMILES string of the molecule is [2H]c1c([2H])c([C@H](C2(O)CCCCC2)C([2H])([2H])N(C)C)c([2H])c([2H])c1OC. The summed E-state index contributed by atoms with van der Waals surface area (Å²) in [5.74, 6) is -1.40. The van der Waals surface area contributed by atoms with Crippen molar-refractivity contribution in [1.82, 2.24) is 4.90 Å². The molecule has 1 aliphatic rings. The van der Waals surface area contributed by atoms with Crippen molar-refractivity contribution in [2.45, 2.75) is 43.6 Å². The second kappa shape index (κ2) is 6.59. The third-order valence-electron chi connectivity index (χ3n) is 3.76. The Balaban J connectivity index is 2.79. The van der Waals surface area contributed by atoms with E-state index < -0.39 is 18.0 Å². The van der Waals surface area contributed by atoms with Gasteiger partial charge >= 0.3 is 0 Å². The van der Waals surface area contributed by atoms with Gasteiger partial charge < -0.3 is 14.7 Å². The number of benzene rings is 1. The van der Waals surface area contributed by atoms with Crippen LogP contribution in [0.2, 0.25) is 0 Å². The molecule has 0 amide bonds. The molecule has 1 aliphatic carbocycles. The van der Waals surface area contributed by atoms with Gasteiger partial charge in [0.05, 0.1) is 18.2 Å². The molecule has 1 N–H and O–H groups in total. The molecular formula is C17H27NO2. The Labute approximate surface area is 131 Å². The van der Waals surface area contributed by atoms with Gasteiger partial charge in [-0.3, -0.25) is 0 Å². The molecule has 1 atom stereocenters. The molecule has 0 saturated heterocycles. The zero-order chi connectivity index (χ0) is 19.9. The molecule has 0 aromatic heterocycles. The van der Waals surface area contributed by atoms with E-state index in [0.717, 1.165) is 19.3 Å². The Morgan fingerprint density at radius 3 is 2.40 bits per heavy atom. The van der Waals surface area contributed by atoms with Crippen LogP contribution in [0.4, 0.5) is 0 Å². The van der Waals surface area contributed by atoms with E-state index in [0.29, 0.717) is 12.8 Å². The summed E-state index contributed by atoms with van der Waals surface area (Å²) in [5, 5.41) is 11.3. The summed E-state index contributed by atoms with van der Waals surface area (Å²) in [4.78, 5) is 1.32. The minimum Gasteiger partial charge on any atom is -0.497 e. The molecule has 3 nitrogen and oxygen atoms in total. The van der Waals surface area contributed by atoms with E-state index in [9.17, 15) is 5.11 Å². The summed E-state index contributed by atoms with van der Waals surface area (Å²) in [6.07, 6.45) is 3.12. The third kappa shape index (κ3) is 3.53. The summed E-state index contributed by atoms with van der Waals surface area (Å²) in [7, 11) is 4.35. The Hall–Kier alpha value is -1.06. The first-order valence-corrected chi connectivity index (χ1v) is 7.03. The molecular weight excluding hydrogens is 250 g/mol. The fourth-order valence-corrected chi connectivity index (χ4v) is 2.72. The average molecular weight is 283 g/mol. The number of nitrogens with zero attached hydrogens (tertiary/aromatic N) is 1. The van der Waals surface area contributed by atoms with Crippen molar-refractivity contribution >= 4 is 0 Å². The van der Waals surface area contributed by atoms with Crippen molar-refractivity contribution in [1.29, 1.82) is 0 Å². The molecule has 20 heavy (non-hydrogen) atoms. The lowest BCUT2D eigenvalue weighted by Crippen LogP contribution is -2.42. The van der Waals surface area contributed by atoms with Gasteiger partial charge in [0.2, 0.25) is 0 Å². The maximum atomic E-state index is 11.3. The molecule has 0 spiro atoms. The van der Waals surface area contributed by atoms with Crippen LogP contribution in [0.3, 0.4) is 0 Å². The Bertz CT molecular complexity index is 645. The normalized spacial score (nSPS) is 24.9. The minimum atomic E-state index is -2.06. The molecule has 1 aromatic rings. The van der Waals surface area contributed by atoms with Crippen LogP contribution in [-0.2, 0) is 0 Å². The number of hydrogen-bond donors (Lipinski definition) is 1. The van der Waals surface area contributed by atoms with Crippen molar-refractivity contribution in [2.75, 3.05) is 27.7 Å². The van der Waals surface area contributed by atoms with Crippen LogP contribution in [0.5, 0.6) is 5.75 Å². The average Bonchev–Trinajstić information content (AvgIpc) is 2.57. The molecule has 1 fully saturated rings. The first kappa shape index (κ1) is 9.06. The zero-order valence-corrected chi connectivity index (χ0v) is 12.4. The van der Waals surface area contributed by atoms with E-state index in [1.807, 2.05) is 0 Å². The predicted molar refractivity (Wildman–Crippen MR) is 82.3 cm³/mol. The predicted octanol–water partition coefficient (Wildman–Crippen LogP) is 3.04. The monoisotopic (exact) mass is 283 g/mol. The summed E-state index contributed by atoms with van der Waals surface area (Å²) in [6, 6.07) is -1.44. The highest BCUT2D eigenvalue weighted by atomic mass is 16.5. The summed E-state index contributed by atoms with van der Waals surface area (Å²) in [5.41, 5.74) is -1.53. The van der Waals surface area contributed by atoms with Crippen LogP contribution >= 0.6 is 0 Å². The molecule has 3 heteroatoms. The van der Waals surface area contributed by atoms with Crippen molar-refractivity contribution in [3.63, 3.8) is 0 Å². The van der Waals surface area contributed by atoms with E-state index >= 15 is 0 Å². The number of hydrogen-bond acceptors (Lipinski definition) is 3. The Morgan fingerprint density at radius 1 is 1.30 bits per heavy atom. The molecule has 0 aliphatic heterocycles. The highest BCUT2D eigenvalue weighted by molar-refractivity contribution is 5.31. The van der Waals surface area contributed by atoms with Gasteiger partial charge in [-0.1, -0.05) is 31.3 Å². The van der Waals surface area contributed by atoms with Crippen LogP contribution < -0.4 is 4.74 Å². The number of likely N-dealkylation sites (N-methyl/N-ethyl adjacent to an activating group) is 1. The molecule has 1 aromatic carbocycles. The third-order valence-corrected chi connectivity index (χ3v) is 3.76. The topological polar surface area (TPSA) is 32.7 Å². The molecule has 0 radical (unpaired) electrons. The van der Waals surface area contributed by atoms with E-state index in [1.165, 1.54) is 12.0 Å². The molecule has 0 bridgehead atoms. The van der Waals surface area contributed by atoms with Gasteiger partial charge in [-0.15, -0.1) is 0 Å². The number of ether oxygens (including phenoxy) is 1. The number of aliphatic hydroxyl groups is 1. The van der Waals surface area contributed by atoms with Crippen LogP contribution in [0, 0.1) is 0 Å². The highest BCUT2D eigenvalue weighted by Gasteiger charge is 2.38. The van der Waals surface area contributed by atoms with Gasteiger partial charge in [0, 0.05) is 15.2 Å².